The molecule has 3 aromatic carbocycles. The Balaban J connectivity index is 1.79. The molecule has 0 radical (unpaired) electrons. The standard InChI is InChI=1S/C20H12N4O2/c21-12-13-9-10-18(19(11-13)24(25)26)22-23-20-16-7-3-1-5-14(16)15-6-2-4-8-17(15)20/h1-11,22H. The van der Waals surface area contributed by atoms with Gasteiger partial charge in [0.2, 0.25) is 0 Å². The zero-order chi connectivity index (χ0) is 18.1. The van der Waals surface area contributed by atoms with Crippen molar-refractivity contribution in [1.82, 2.24) is 0 Å². The first-order chi connectivity index (χ1) is 12.7. The third kappa shape index (κ3) is 2.48. The molecule has 0 fully saturated rings. The summed E-state index contributed by atoms with van der Waals surface area (Å²) >= 11 is 0. The van der Waals surface area contributed by atoms with Gasteiger partial charge in [-0.3, -0.25) is 15.5 Å². The van der Waals surface area contributed by atoms with Crippen molar-refractivity contribution < 1.29 is 4.92 Å². The molecule has 0 bridgehead atoms. The number of hydrazone groups is 1. The van der Waals surface area contributed by atoms with Crippen LogP contribution >= 0.6 is 0 Å². The third-order valence-corrected chi connectivity index (χ3v) is 4.27. The van der Waals surface area contributed by atoms with Crippen LogP contribution in [0, 0.1) is 21.4 Å². The van der Waals surface area contributed by atoms with Crippen molar-refractivity contribution in [1.29, 1.82) is 5.26 Å². The molecule has 0 aliphatic heterocycles. The maximum Gasteiger partial charge on any atom is 0.295 e. The van der Waals surface area contributed by atoms with E-state index in [1.165, 1.54) is 18.2 Å². The fourth-order valence-corrected chi connectivity index (χ4v) is 3.08. The molecule has 1 N–H and O–H groups in total. The van der Waals surface area contributed by atoms with Crippen molar-refractivity contribution in [3.63, 3.8) is 0 Å². The molecule has 0 saturated carbocycles. The molecule has 0 amide bonds. The quantitative estimate of drug-likeness (QED) is 0.444. The second kappa shape index (κ2) is 6.15. The van der Waals surface area contributed by atoms with E-state index in [9.17, 15) is 10.1 Å². The van der Waals surface area contributed by atoms with Crippen LogP contribution in [0.15, 0.2) is 71.8 Å². The highest BCUT2D eigenvalue weighted by Crippen LogP contribution is 2.37. The van der Waals surface area contributed by atoms with Crippen LogP contribution in [-0.4, -0.2) is 10.6 Å². The fraction of sp³-hybridized carbons (Fsp3) is 0. The molecule has 6 heteroatoms. The van der Waals surface area contributed by atoms with Crippen LogP contribution in [0.5, 0.6) is 0 Å². The smallest absolute Gasteiger partial charge is 0.271 e. The van der Waals surface area contributed by atoms with Crippen LogP contribution in [0.4, 0.5) is 11.4 Å². The van der Waals surface area contributed by atoms with Gasteiger partial charge >= 0.3 is 0 Å². The molecule has 26 heavy (non-hydrogen) atoms. The summed E-state index contributed by atoms with van der Waals surface area (Å²) in [6.07, 6.45) is 0. The Morgan fingerprint density at radius 2 is 1.50 bits per heavy atom. The molecule has 0 unspecified atom stereocenters. The summed E-state index contributed by atoms with van der Waals surface area (Å²) in [5.74, 6) is 0. The molecule has 0 saturated heterocycles. The topological polar surface area (TPSA) is 91.3 Å². The Labute approximate surface area is 149 Å². The molecule has 0 spiro atoms. The molecule has 1 aliphatic carbocycles. The SMILES string of the molecule is N#Cc1ccc(NN=C2c3ccccc3-c3ccccc32)c([N+](=O)[O-])c1. The largest absolute Gasteiger partial charge is 0.295 e. The highest BCUT2D eigenvalue weighted by Gasteiger charge is 2.24. The number of nitrogens with zero attached hydrogens (tertiary/aromatic N) is 3. The van der Waals surface area contributed by atoms with Crippen molar-refractivity contribution >= 4 is 17.1 Å². The summed E-state index contributed by atoms with van der Waals surface area (Å²) in [6, 6.07) is 22.0. The van der Waals surface area contributed by atoms with Crippen molar-refractivity contribution in [2.45, 2.75) is 0 Å². The van der Waals surface area contributed by atoms with E-state index in [1.54, 1.807) is 0 Å². The summed E-state index contributed by atoms with van der Waals surface area (Å²) in [6.45, 7) is 0. The lowest BCUT2D eigenvalue weighted by Crippen LogP contribution is -2.04. The summed E-state index contributed by atoms with van der Waals surface area (Å²) in [7, 11) is 0. The summed E-state index contributed by atoms with van der Waals surface area (Å²) in [4.78, 5) is 10.8. The van der Waals surface area contributed by atoms with Gasteiger partial charge < -0.3 is 0 Å². The minimum absolute atomic E-state index is 0.187. The maximum atomic E-state index is 11.3. The second-order valence-corrected chi connectivity index (χ2v) is 5.76. The molecule has 1 aliphatic rings. The number of nitriles is 1. The first kappa shape index (κ1) is 15.5. The molecule has 124 valence electrons. The van der Waals surface area contributed by atoms with Crippen LogP contribution < -0.4 is 5.43 Å². The normalized spacial score (nSPS) is 11.3. The molecule has 3 aromatic rings. The number of rotatable bonds is 3. The summed E-state index contributed by atoms with van der Waals surface area (Å²) < 4.78 is 0. The zero-order valence-corrected chi connectivity index (χ0v) is 13.5. The van der Waals surface area contributed by atoms with Gasteiger partial charge in [-0.2, -0.15) is 10.4 Å². The average molecular weight is 340 g/mol. The average Bonchev–Trinajstić information content (AvgIpc) is 3.00. The lowest BCUT2D eigenvalue weighted by molar-refractivity contribution is -0.384. The van der Waals surface area contributed by atoms with Crippen molar-refractivity contribution in [3.05, 3.63) is 93.5 Å². The van der Waals surface area contributed by atoms with Crippen LogP contribution in [0.3, 0.4) is 0 Å². The highest BCUT2D eigenvalue weighted by molar-refractivity contribution is 6.24. The van der Waals surface area contributed by atoms with Crippen LogP contribution in [0.2, 0.25) is 0 Å². The van der Waals surface area contributed by atoms with Gasteiger partial charge in [0.05, 0.1) is 22.3 Å². The fourth-order valence-electron chi connectivity index (χ4n) is 3.08. The van der Waals surface area contributed by atoms with E-state index in [0.717, 1.165) is 28.0 Å². The van der Waals surface area contributed by atoms with Gasteiger partial charge in [-0.15, -0.1) is 0 Å². The number of hydrogen-bond acceptors (Lipinski definition) is 5. The number of fused-ring (bicyclic) bond motifs is 3. The minimum atomic E-state index is -0.528. The number of nitrogens with one attached hydrogen (secondary N) is 1. The van der Waals surface area contributed by atoms with Gasteiger partial charge in [0.25, 0.3) is 5.69 Å². The molecular weight excluding hydrogens is 328 g/mol. The minimum Gasteiger partial charge on any atom is -0.271 e. The third-order valence-electron chi connectivity index (χ3n) is 4.27. The Hall–Kier alpha value is -3.98. The molecule has 0 atom stereocenters. The summed E-state index contributed by atoms with van der Waals surface area (Å²) in [5.41, 5.74) is 7.92. The molecule has 0 heterocycles. The van der Waals surface area contributed by atoms with Gasteiger partial charge in [0, 0.05) is 17.2 Å². The summed E-state index contributed by atoms with van der Waals surface area (Å²) in [5, 5.41) is 24.7. The predicted octanol–water partition coefficient (Wildman–Crippen LogP) is 4.31. The number of anilines is 1. The monoisotopic (exact) mass is 340 g/mol. The first-order valence-electron chi connectivity index (χ1n) is 7.90. The van der Waals surface area contributed by atoms with Gasteiger partial charge in [0.1, 0.15) is 5.69 Å². The van der Waals surface area contributed by atoms with Crippen LogP contribution in [-0.2, 0) is 0 Å². The molecule has 6 nitrogen and oxygen atoms in total. The molecular formula is C20H12N4O2. The number of nitro groups is 1. The van der Waals surface area contributed by atoms with Gasteiger partial charge in [-0.25, -0.2) is 0 Å². The van der Waals surface area contributed by atoms with E-state index in [1.807, 2.05) is 54.6 Å². The highest BCUT2D eigenvalue weighted by atomic mass is 16.6. The van der Waals surface area contributed by atoms with E-state index in [2.05, 4.69) is 10.5 Å². The van der Waals surface area contributed by atoms with Crippen molar-refractivity contribution in [3.8, 4) is 17.2 Å². The lowest BCUT2D eigenvalue weighted by Gasteiger charge is -2.05. The molecule has 0 aromatic heterocycles. The number of benzene rings is 3. The van der Waals surface area contributed by atoms with Gasteiger partial charge in [-0.1, -0.05) is 48.5 Å². The Morgan fingerprint density at radius 1 is 0.923 bits per heavy atom. The predicted molar refractivity (Wildman–Crippen MR) is 99.0 cm³/mol. The van der Waals surface area contributed by atoms with E-state index in [4.69, 9.17) is 5.26 Å². The Morgan fingerprint density at radius 3 is 2.04 bits per heavy atom. The second-order valence-electron chi connectivity index (χ2n) is 5.76. The number of nitro benzene ring substituents is 1. The van der Waals surface area contributed by atoms with Gasteiger partial charge in [-0.05, 0) is 23.3 Å². The van der Waals surface area contributed by atoms with E-state index < -0.39 is 4.92 Å². The van der Waals surface area contributed by atoms with Gasteiger partial charge in [0.15, 0.2) is 0 Å². The maximum absolute atomic E-state index is 11.3. The van der Waals surface area contributed by atoms with Crippen LogP contribution in [0.1, 0.15) is 16.7 Å². The van der Waals surface area contributed by atoms with Crippen LogP contribution in [0.25, 0.3) is 11.1 Å². The Kier molecular flexibility index (Phi) is 3.67. The first-order valence-corrected chi connectivity index (χ1v) is 7.90. The zero-order valence-electron chi connectivity index (χ0n) is 13.5. The lowest BCUT2D eigenvalue weighted by atomic mass is 10.1. The van der Waals surface area contributed by atoms with E-state index in [-0.39, 0.29) is 16.9 Å². The van der Waals surface area contributed by atoms with Crippen molar-refractivity contribution in [2.75, 3.05) is 5.43 Å². The van der Waals surface area contributed by atoms with E-state index in [0.29, 0.717) is 0 Å². The molecule has 4 rings (SSSR count). The van der Waals surface area contributed by atoms with Crippen molar-refractivity contribution in [2.24, 2.45) is 5.10 Å². The number of hydrogen-bond donors (Lipinski definition) is 1. The Bertz CT molecular complexity index is 1070. The van der Waals surface area contributed by atoms with E-state index >= 15 is 0 Å².